The summed E-state index contributed by atoms with van der Waals surface area (Å²) in [6.45, 7) is 4.84. The molecule has 22 heteroatoms. The molecule has 0 aliphatic carbocycles. The first-order valence-corrected chi connectivity index (χ1v) is 25.1. The molecule has 390 valence electrons. The second-order valence-electron chi connectivity index (χ2n) is 18.3. The van der Waals surface area contributed by atoms with E-state index in [9.17, 15) is 10.2 Å². The van der Waals surface area contributed by atoms with Gasteiger partial charge in [-0.1, -0.05) is 54.6 Å². The Kier molecular flexibility index (Phi) is 16.4. The zero-order chi connectivity index (χ0) is 52.1. The van der Waals surface area contributed by atoms with Crippen LogP contribution in [-0.4, -0.2) is 161 Å². The molecular weight excluding hydrogens is 969 g/mol. The number of ether oxygens (including phenoxy) is 2. The predicted octanol–water partition coefficient (Wildman–Crippen LogP) is 4.09. The monoisotopic (exact) mass is 1030 g/mol. The fraction of sp³-hybridized carbons (Fsp3) is 0.296. The van der Waals surface area contributed by atoms with E-state index >= 15 is 0 Å². The molecule has 0 bridgehead atoms. The Labute approximate surface area is 438 Å². The van der Waals surface area contributed by atoms with Crippen molar-refractivity contribution in [1.82, 2.24) is 49.8 Å². The van der Waals surface area contributed by atoms with E-state index in [0.29, 0.717) is 118 Å². The number of piperazine rings is 2. The van der Waals surface area contributed by atoms with Crippen LogP contribution in [0.3, 0.4) is 0 Å². The van der Waals surface area contributed by atoms with Crippen molar-refractivity contribution in [2.75, 3.05) is 109 Å². The number of aliphatic hydroxyl groups is 4. The van der Waals surface area contributed by atoms with Crippen molar-refractivity contribution >= 4 is 47.1 Å². The average Bonchev–Trinajstić information content (AvgIpc) is 3.49. The third-order valence-electron chi connectivity index (χ3n) is 12.8. The Hall–Kier alpha value is -8.70. The van der Waals surface area contributed by atoms with Gasteiger partial charge in [0, 0.05) is 107 Å². The zero-order valence-corrected chi connectivity index (χ0v) is 41.6. The number of nitrogens with one attached hydrogen (secondary N) is 2. The molecule has 2 aliphatic rings. The maximum absolute atomic E-state index is 9.62. The second kappa shape index (κ2) is 24.6. The first kappa shape index (κ1) is 50.8. The Morgan fingerprint density at radius 3 is 1.51 bits per heavy atom. The number of rotatable bonds is 21. The number of nitrogens with zero attached hydrogens (tertiary/aromatic N) is 14. The smallest absolute Gasteiger partial charge is 0.232 e. The van der Waals surface area contributed by atoms with Crippen LogP contribution in [-0.2, 0) is 12.8 Å². The van der Waals surface area contributed by atoms with Gasteiger partial charge in [-0.25, -0.2) is 39.9 Å². The SMILES string of the molecule is OCC(O)COc1ccc(Nc2ncnc(N3CCN(c4ncc(Cc5ccccc5-c5ccc(Cc6cnc(N7CCN(c8ncnc(Nc9cccc(OCC(O)CO)c9)n8)CC7)nc6)cc5)cn4)CC3)n2)cc1. The lowest BCUT2D eigenvalue weighted by atomic mass is 9.94. The van der Waals surface area contributed by atoms with Gasteiger partial charge in [-0.2, -0.15) is 9.97 Å². The van der Waals surface area contributed by atoms with Gasteiger partial charge in [0.05, 0.1) is 13.2 Å². The van der Waals surface area contributed by atoms with Gasteiger partial charge in [0.25, 0.3) is 0 Å². The van der Waals surface area contributed by atoms with E-state index in [1.807, 2.05) is 49.1 Å². The van der Waals surface area contributed by atoms with E-state index in [4.69, 9.17) is 39.6 Å². The van der Waals surface area contributed by atoms with Crippen molar-refractivity contribution in [1.29, 1.82) is 0 Å². The highest BCUT2D eigenvalue weighted by atomic mass is 16.5. The number of benzene rings is 4. The van der Waals surface area contributed by atoms with Crippen LogP contribution in [0, 0.1) is 0 Å². The highest BCUT2D eigenvalue weighted by molar-refractivity contribution is 5.68. The molecule has 6 heterocycles. The maximum atomic E-state index is 9.62. The molecule has 2 fully saturated rings. The van der Waals surface area contributed by atoms with Crippen LogP contribution in [0.4, 0.5) is 47.1 Å². The summed E-state index contributed by atoms with van der Waals surface area (Å²) < 4.78 is 11.1. The highest BCUT2D eigenvalue weighted by Crippen LogP contribution is 2.28. The number of aliphatic hydroxyl groups excluding tert-OH is 4. The van der Waals surface area contributed by atoms with Crippen LogP contribution >= 0.6 is 0 Å². The van der Waals surface area contributed by atoms with Crippen LogP contribution in [0.2, 0.25) is 0 Å². The standard InChI is InChI=1S/C54H58N16O6/c71-31-44(73)33-75-46-14-12-42(13-15-46)63-49-59-35-61-53(65-49)69-20-18-68(19-21-69)52-57-29-39(30-58-52)25-41-4-1-2-7-48(41)40-10-8-37(9-11-40)24-38-27-55-51(56-28-38)67-16-22-70(23-17-67)54-62-36-60-50(66-54)64-43-5-3-6-47(26-43)76-34-45(74)32-72/h1-15,26-30,35-36,44-45,71-74H,16-25,31-34H2,(H,59,61,63,65)(H,60,62,64,66). The maximum Gasteiger partial charge on any atom is 0.232 e. The van der Waals surface area contributed by atoms with Crippen molar-refractivity contribution in [3.63, 3.8) is 0 Å². The lowest BCUT2D eigenvalue weighted by Crippen LogP contribution is -2.47. The van der Waals surface area contributed by atoms with E-state index in [-0.39, 0.29) is 26.4 Å². The molecule has 2 aliphatic heterocycles. The average molecular weight is 1030 g/mol. The van der Waals surface area contributed by atoms with E-state index < -0.39 is 12.2 Å². The molecule has 8 aromatic rings. The molecule has 76 heavy (non-hydrogen) atoms. The van der Waals surface area contributed by atoms with Crippen LogP contribution in [0.5, 0.6) is 11.5 Å². The first-order valence-electron chi connectivity index (χ1n) is 25.1. The molecule has 2 atom stereocenters. The van der Waals surface area contributed by atoms with Gasteiger partial charge in [0.1, 0.15) is 49.6 Å². The van der Waals surface area contributed by atoms with Gasteiger partial charge in [0.15, 0.2) is 0 Å². The topological polar surface area (TPSA) is 265 Å². The molecule has 4 aromatic heterocycles. The summed E-state index contributed by atoms with van der Waals surface area (Å²) in [5, 5.41) is 43.6. The Morgan fingerprint density at radius 1 is 0.461 bits per heavy atom. The summed E-state index contributed by atoms with van der Waals surface area (Å²) in [6.07, 6.45) is 10.2. The van der Waals surface area contributed by atoms with Gasteiger partial charge >= 0.3 is 0 Å². The third kappa shape index (κ3) is 13.3. The number of hydrogen-bond acceptors (Lipinski definition) is 22. The molecule has 0 radical (unpaired) electrons. The fourth-order valence-electron chi connectivity index (χ4n) is 8.68. The molecule has 0 spiro atoms. The zero-order valence-electron chi connectivity index (χ0n) is 41.6. The summed E-state index contributed by atoms with van der Waals surface area (Å²) in [5.41, 5.74) is 8.19. The minimum Gasteiger partial charge on any atom is -0.491 e. The minimum atomic E-state index is -0.953. The third-order valence-corrected chi connectivity index (χ3v) is 12.8. The molecule has 2 unspecified atom stereocenters. The summed E-state index contributed by atoms with van der Waals surface area (Å²) in [6, 6.07) is 31.6. The summed E-state index contributed by atoms with van der Waals surface area (Å²) >= 11 is 0. The quantitative estimate of drug-likeness (QED) is 0.0592. The molecular formula is C54H58N16O6. The first-order chi connectivity index (χ1) is 37.3. The van der Waals surface area contributed by atoms with Crippen LogP contribution < -0.4 is 39.7 Å². The van der Waals surface area contributed by atoms with Crippen molar-refractivity contribution in [3.05, 3.63) is 157 Å². The minimum absolute atomic E-state index is 0.00567. The van der Waals surface area contributed by atoms with Gasteiger partial charge < -0.3 is 60.1 Å². The lowest BCUT2D eigenvalue weighted by Gasteiger charge is -2.34. The highest BCUT2D eigenvalue weighted by Gasteiger charge is 2.23. The summed E-state index contributed by atoms with van der Waals surface area (Å²) in [5.74, 6) is 4.46. The van der Waals surface area contributed by atoms with Crippen molar-refractivity contribution < 1.29 is 29.9 Å². The molecule has 2 saturated heterocycles. The van der Waals surface area contributed by atoms with E-state index in [1.54, 1.807) is 24.3 Å². The molecule has 0 amide bonds. The lowest BCUT2D eigenvalue weighted by molar-refractivity contribution is 0.0536. The van der Waals surface area contributed by atoms with Crippen molar-refractivity contribution in [2.45, 2.75) is 25.0 Å². The van der Waals surface area contributed by atoms with E-state index in [0.717, 1.165) is 27.9 Å². The van der Waals surface area contributed by atoms with E-state index in [2.05, 4.69) is 109 Å². The van der Waals surface area contributed by atoms with Gasteiger partial charge in [0.2, 0.25) is 35.7 Å². The molecule has 10 rings (SSSR count). The number of anilines is 8. The molecule has 22 nitrogen and oxygen atoms in total. The summed E-state index contributed by atoms with van der Waals surface area (Å²) in [4.78, 5) is 54.4. The van der Waals surface area contributed by atoms with Gasteiger partial charge in [-0.15, -0.1) is 0 Å². The molecule has 0 saturated carbocycles. The van der Waals surface area contributed by atoms with Crippen molar-refractivity contribution in [2.24, 2.45) is 0 Å². The van der Waals surface area contributed by atoms with E-state index in [1.165, 1.54) is 23.8 Å². The van der Waals surface area contributed by atoms with Crippen LogP contribution in [0.15, 0.2) is 135 Å². The Balaban J connectivity index is 0.676. The number of hydrogen-bond donors (Lipinski definition) is 6. The summed E-state index contributed by atoms with van der Waals surface area (Å²) in [7, 11) is 0. The fourth-order valence-corrected chi connectivity index (χ4v) is 8.68. The molecule has 6 N–H and O–H groups in total. The van der Waals surface area contributed by atoms with Crippen molar-refractivity contribution in [3.8, 4) is 22.6 Å². The Morgan fingerprint density at radius 2 is 0.961 bits per heavy atom. The number of aromatic nitrogens is 10. The Bertz CT molecular complexity index is 3110. The second-order valence-corrected chi connectivity index (χ2v) is 18.3. The largest absolute Gasteiger partial charge is 0.491 e. The normalized spacial score (nSPS) is 14.5. The van der Waals surface area contributed by atoms with Crippen LogP contribution in [0.1, 0.15) is 22.3 Å². The van der Waals surface area contributed by atoms with Gasteiger partial charge in [-0.3, -0.25) is 0 Å². The molecule has 4 aromatic carbocycles. The van der Waals surface area contributed by atoms with Gasteiger partial charge in [-0.05, 0) is 69.8 Å². The van der Waals surface area contributed by atoms with Crippen LogP contribution in [0.25, 0.3) is 11.1 Å². The predicted molar refractivity (Wildman–Crippen MR) is 287 cm³/mol.